The molecule has 0 fully saturated rings. The lowest BCUT2D eigenvalue weighted by Gasteiger charge is -1.97. The molecule has 0 radical (unpaired) electrons. The largest absolute Gasteiger partial charge is 0.382 e. The average molecular weight is 153 g/mol. The van der Waals surface area contributed by atoms with Crippen LogP contribution < -0.4 is 11.6 Å². The van der Waals surface area contributed by atoms with Gasteiger partial charge in [0.1, 0.15) is 11.7 Å². The first-order valence-electron chi connectivity index (χ1n) is 3.03. The SMILES string of the molecule is N/N=C(/N)c1cccc(F)c1. The summed E-state index contributed by atoms with van der Waals surface area (Å²) >= 11 is 0. The molecule has 1 rings (SSSR count). The van der Waals surface area contributed by atoms with Crippen molar-refractivity contribution >= 4 is 5.84 Å². The molecule has 0 amide bonds. The first-order chi connectivity index (χ1) is 5.24. The summed E-state index contributed by atoms with van der Waals surface area (Å²) in [4.78, 5) is 0. The number of nitrogens with two attached hydrogens (primary N) is 2. The highest BCUT2D eigenvalue weighted by atomic mass is 19.1. The summed E-state index contributed by atoms with van der Waals surface area (Å²) in [6.07, 6.45) is 0. The summed E-state index contributed by atoms with van der Waals surface area (Å²) in [6, 6.07) is 5.77. The van der Waals surface area contributed by atoms with E-state index in [0.717, 1.165) is 0 Å². The first-order valence-corrected chi connectivity index (χ1v) is 3.03. The van der Waals surface area contributed by atoms with Crippen molar-refractivity contribution in [2.45, 2.75) is 0 Å². The van der Waals surface area contributed by atoms with Crippen LogP contribution in [0.3, 0.4) is 0 Å². The Hall–Kier alpha value is -1.58. The van der Waals surface area contributed by atoms with Gasteiger partial charge < -0.3 is 11.6 Å². The molecule has 0 aromatic heterocycles. The molecule has 1 aromatic carbocycles. The number of hydrazone groups is 1. The fraction of sp³-hybridized carbons (Fsp3) is 0. The van der Waals surface area contributed by atoms with Crippen molar-refractivity contribution < 1.29 is 4.39 Å². The van der Waals surface area contributed by atoms with E-state index in [0.29, 0.717) is 5.56 Å². The van der Waals surface area contributed by atoms with Crippen LogP contribution in [0.4, 0.5) is 4.39 Å². The number of rotatable bonds is 1. The molecule has 1 aromatic rings. The number of benzene rings is 1. The Labute approximate surface area is 63.5 Å². The molecule has 0 aliphatic carbocycles. The van der Waals surface area contributed by atoms with Crippen molar-refractivity contribution in [1.29, 1.82) is 0 Å². The molecule has 4 heteroatoms. The molecule has 0 saturated heterocycles. The Kier molecular flexibility index (Phi) is 2.06. The summed E-state index contributed by atoms with van der Waals surface area (Å²) in [5.74, 6) is 4.67. The predicted octanol–water partition coefficient (Wildman–Crippen LogP) is 0.405. The lowest BCUT2D eigenvalue weighted by atomic mass is 10.2. The number of halogens is 1. The van der Waals surface area contributed by atoms with E-state index in [2.05, 4.69) is 5.10 Å². The molecular formula is C7H8FN3. The minimum absolute atomic E-state index is 0.129. The van der Waals surface area contributed by atoms with Crippen molar-refractivity contribution in [3.8, 4) is 0 Å². The van der Waals surface area contributed by atoms with Crippen LogP contribution in [-0.4, -0.2) is 5.84 Å². The van der Waals surface area contributed by atoms with Gasteiger partial charge in [-0.05, 0) is 12.1 Å². The number of hydrogen-bond acceptors (Lipinski definition) is 2. The standard InChI is InChI=1S/C7H8FN3/c8-6-3-1-2-5(4-6)7(9)11-10/h1-4H,10H2,(H2,9,11). The monoisotopic (exact) mass is 153 g/mol. The Balaban J connectivity index is 3.06. The summed E-state index contributed by atoms with van der Waals surface area (Å²) in [5.41, 5.74) is 5.81. The van der Waals surface area contributed by atoms with Crippen molar-refractivity contribution in [2.75, 3.05) is 0 Å². The zero-order chi connectivity index (χ0) is 8.27. The zero-order valence-electron chi connectivity index (χ0n) is 5.79. The quantitative estimate of drug-likeness (QED) is 0.265. The fourth-order valence-electron chi connectivity index (χ4n) is 0.722. The molecule has 0 saturated carbocycles. The second kappa shape index (κ2) is 3.01. The maximum atomic E-state index is 12.5. The van der Waals surface area contributed by atoms with E-state index >= 15 is 0 Å². The van der Waals surface area contributed by atoms with Crippen LogP contribution in [0.25, 0.3) is 0 Å². The normalized spacial score (nSPS) is 11.5. The van der Waals surface area contributed by atoms with E-state index in [1.165, 1.54) is 12.1 Å². The van der Waals surface area contributed by atoms with E-state index in [-0.39, 0.29) is 11.7 Å². The molecule has 0 spiro atoms. The van der Waals surface area contributed by atoms with Crippen molar-refractivity contribution in [3.05, 3.63) is 35.6 Å². The van der Waals surface area contributed by atoms with E-state index in [1.807, 2.05) is 0 Å². The fourth-order valence-corrected chi connectivity index (χ4v) is 0.722. The van der Waals surface area contributed by atoms with Crippen LogP contribution in [0, 0.1) is 5.82 Å². The summed E-state index contributed by atoms with van der Waals surface area (Å²) in [7, 11) is 0. The second-order valence-electron chi connectivity index (χ2n) is 2.02. The van der Waals surface area contributed by atoms with Gasteiger partial charge in [0.2, 0.25) is 0 Å². The van der Waals surface area contributed by atoms with E-state index < -0.39 is 0 Å². The summed E-state index contributed by atoms with van der Waals surface area (Å²) in [6.45, 7) is 0. The van der Waals surface area contributed by atoms with Gasteiger partial charge in [0, 0.05) is 5.56 Å². The molecule has 3 nitrogen and oxygen atoms in total. The van der Waals surface area contributed by atoms with Crippen LogP contribution in [0.5, 0.6) is 0 Å². The topological polar surface area (TPSA) is 64.4 Å². The van der Waals surface area contributed by atoms with Gasteiger partial charge in [-0.1, -0.05) is 12.1 Å². The highest BCUT2D eigenvalue weighted by Gasteiger charge is 1.97. The van der Waals surface area contributed by atoms with Gasteiger partial charge in [-0.3, -0.25) is 0 Å². The van der Waals surface area contributed by atoms with Gasteiger partial charge in [0.25, 0.3) is 0 Å². The number of nitrogens with zero attached hydrogens (tertiary/aromatic N) is 1. The van der Waals surface area contributed by atoms with Crippen LogP contribution in [0.15, 0.2) is 29.4 Å². The van der Waals surface area contributed by atoms with Gasteiger partial charge in [0.15, 0.2) is 0 Å². The molecule has 0 aliphatic heterocycles. The molecule has 0 aliphatic rings. The van der Waals surface area contributed by atoms with Gasteiger partial charge >= 0.3 is 0 Å². The Morgan fingerprint density at radius 2 is 2.18 bits per heavy atom. The van der Waals surface area contributed by atoms with Gasteiger partial charge in [-0.25, -0.2) is 4.39 Å². The highest BCUT2D eigenvalue weighted by molar-refractivity contribution is 5.97. The van der Waals surface area contributed by atoms with Crippen LogP contribution in [-0.2, 0) is 0 Å². The van der Waals surface area contributed by atoms with Crippen molar-refractivity contribution in [2.24, 2.45) is 16.7 Å². The maximum Gasteiger partial charge on any atom is 0.150 e. The predicted molar refractivity (Wildman–Crippen MR) is 41.3 cm³/mol. The Morgan fingerprint density at radius 1 is 1.45 bits per heavy atom. The number of hydrogen-bond donors (Lipinski definition) is 2. The maximum absolute atomic E-state index is 12.5. The molecule has 11 heavy (non-hydrogen) atoms. The van der Waals surface area contributed by atoms with E-state index in [1.54, 1.807) is 12.1 Å². The smallest absolute Gasteiger partial charge is 0.150 e. The van der Waals surface area contributed by atoms with Crippen LogP contribution in [0.1, 0.15) is 5.56 Å². The lowest BCUT2D eigenvalue weighted by Crippen LogP contribution is -2.15. The Bertz CT molecular complexity index is 283. The van der Waals surface area contributed by atoms with Crippen molar-refractivity contribution in [1.82, 2.24) is 0 Å². The van der Waals surface area contributed by atoms with Crippen LogP contribution in [0.2, 0.25) is 0 Å². The second-order valence-corrected chi connectivity index (χ2v) is 2.02. The number of amidine groups is 1. The Morgan fingerprint density at radius 3 is 2.73 bits per heavy atom. The third-order valence-corrected chi connectivity index (χ3v) is 1.26. The van der Waals surface area contributed by atoms with E-state index in [4.69, 9.17) is 11.6 Å². The molecular weight excluding hydrogens is 145 g/mol. The molecule has 58 valence electrons. The minimum Gasteiger partial charge on any atom is -0.382 e. The molecule has 4 N–H and O–H groups in total. The first kappa shape index (κ1) is 7.53. The molecule has 0 unspecified atom stereocenters. The van der Waals surface area contributed by atoms with Gasteiger partial charge in [0.05, 0.1) is 0 Å². The highest BCUT2D eigenvalue weighted by Crippen LogP contribution is 2.01. The van der Waals surface area contributed by atoms with E-state index in [9.17, 15) is 4.39 Å². The van der Waals surface area contributed by atoms with Gasteiger partial charge in [-0.2, -0.15) is 5.10 Å². The lowest BCUT2D eigenvalue weighted by molar-refractivity contribution is 0.627. The van der Waals surface area contributed by atoms with Crippen LogP contribution >= 0.6 is 0 Å². The minimum atomic E-state index is -0.353. The molecule has 0 bridgehead atoms. The molecule has 0 atom stereocenters. The average Bonchev–Trinajstić information content (AvgIpc) is 2.03. The summed E-state index contributed by atoms with van der Waals surface area (Å²) < 4.78 is 12.5. The van der Waals surface area contributed by atoms with Gasteiger partial charge in [-0.15, -0.1) is 0 Å². The van der Waals surface area contributed by atoms with Crippen molar-refractivity contribution in [3.63, 3.8) is 0 Å². The third kappa shape index (κ3) is 1.67. The summed E-state index contributed by atoms with van der Waals surface area (Å²) in [5, 5.41) is 3.23. The molecule has 0 heterocycles. The zero-order valence-corrected chi connectivity index (χ0v) is 5.79. The third-order valence-electron chi connectivity index (χ3n) is 1.26.